The van der Waals surface area contributed by atoms with Gasteiger partial charge in [0.15, 0.2) is 0 Å². The van der Waals surface area contributed by atoms with Crippen LogP contribution >= 0.6 is 0 Å². The molecule has 7 unspecified atom stereocenters. The van der Waals surface area contributed by atoms with Crippen LogP contribution in [-0.2, 0) is 4.74 Å². The van der Waals surface area contributed by atoms with Crippen LogP contribution in [0.25, 0.3) is 0 Å². The number of hydrogen-bond donors (Lipinski definition) is 2. The first-order valence-electron chi connectivity index (χ1n) is 11.9. The molecule has 4 saturated carbocycles. The maximum Gasteiger partial charge on any atom is 0.0926 e. The van der Waals surface area contributed by atoms with Gasteiger partial charge in [0.05, 0.1) is 12.2 Å². The van der Waals surface area contributed by atoms with Gasteiger partial charge in [0.1, 0.15) is 0 Å². The van der Waals surface area contributed by atoms with E-state index in [9.17, 15) is 0 Å². The molecule has 0 amide bonds. The monoisotopic (exact) mass is 380 g/mol. The minimum atomic E-state index is -0.136. The summed E-state index contributed by atoms with van der Waals surface area (Å²) in [6.45, 7) is 3.24. The fourth-order valence-electron chi connectivity index (χ4n) is 8.92. The van der Waals surface area contributed by atoms with Crippen LogP contribution in [0.4, 0.5) is 0 Å². The molecule has 0 radical (unpaired) electrons. The first-order valence-corrected chi connectivity index (χ1v) is 11.9. The highest BCUT2D eigenvalue weighted by molar-refractivity contribution is 5.94. The van der Waals surface area contributed by atoms with Crippen molar-refractivity contribution in [1.82, 2.24) is 0 Å². The molecule has 1 heterocycles. The van der Waals surface area contributed by atoms with Crippen molar-refractivity contribution in [2.75, 3.05) is 6.61 Å². The molecule has 1 spiro atoms. The van der Waals surface area contributed by atoms with Gasteiger partial charge in [0, 0.05) is 16.7 Å². The summed E-state index contributed by atoms with van der Waals surface area (Å²) in [5.41, 5.74) is 9.72. The SMILES string of the molecule is CCC12CCC3C(C(C4CC4)CC4=CC(=N)CCC43N)C1CCC21C=CCO1. The summed E-state index contributed by atoms with van der Waals surface area (Å²) in [7, 11) is 0. The molecule has 0 saturated heterocycles. The summed E-state index contributed by atoms with van der Waals surface area (Å²) in [5.74, 6) is 3.88. The summed E-state index contributed by atoms with van der Waals surface area (Å²) < 4.78 is 6.52. The maximum absolute atomic E-state index is 8.25. The Bertz CT molecular complexity index is 767. The van der Waals surface area contributed by atoms with Crippen LogP contribution in [0, 0.1) is 40.4 Å². The Labute approximate surface area is 169 Å². The van der Waals surface area contributed by atoms with Crippen molar-refractivity contribution in [1.29, 1.82) is 5.41 Å². The maximum atomic E-state index is 8.25. The van der Waals surface area contributed by atoms with E-state index in [0.29, 0.717) is 11.3 Å². The molecule has 7 atom stereocenters. The fourth-order valence-corrected chi connectivity index (χ4v) is 8.92. The van der Waals surface area contributed by atoms with E-state index >= 15 is 0 Å². The third kappa shape index (κ3) is 2.10. The van der Waals surface area contributed by atoms with E-state index in [1.807, 2.05) is 0 Å². The molecule has 3 N–H and O–H groups in total. The third-order valence-electron chi connectivity index (χ3n) is 10.3. The van der Waals surface area contributed by atoms with E-state index in [-0.39, 0.29) is 11.1 Å². The van der Waals surface area contributed by atoms with Crippen LogP contribution in [0.3, 0.4) is 0 Å². The molecule has 1 aliphatic heterocycles. The van der Waals surface area contributed by atoms with E-state index in [1.54, 1.807) is 0 Å². The zero-order valence-corrected chi connectivity index (χ0v) is 17.4. The highest BCUT2D eigenvalue weighted by Gasteiger charge is 2.68. The van der Waals surface area contributed by atoms with Crippen LogP contribution in [0.15, 0.2) is 23.8 Å². The van der Waals surface area contributed by atoms with Gasteiger partial charge < -0.3 is 15.9 Å². The third-order valence-corrected chi connectivity index (χ3v) is 10.3. The number of allylic oxidation sites excluding steroid dienone is 1. The topological polar surface area (TPSA) is 59.1 Å². The van der Waals surface area contributed by atoms with Crippen molar-refractivity contribution < 1.29 is 4.74 Å². The van der Waals surface area contributed by atoms with Gasteiger partial charge in [0.25, 0.3) is 0 Å². The van der Waals surface area contributed by atoms with E-state index in [0.717, 1.165) is 48.8 Å². The largest absolute Gasteiger partial charge is 0.366 e. The molecular formula is C25H36N2O. The predicted molar refractivity (Wildman–Crippen MR) is 112 cm³/mol. The Morgan fingerprint density at radius 1 is 1.14 bits per heavy atom. The molecule has 3 nitrogen and oxygen atoms in total. The molecule has 0 aromatic rings. The highest BCUT2D eigenvalue weighted by Crippen LogP contribution is 2.70. The minimum absolute atomic E-state index is 0.0120. The number of nitrogens with one attached hydrogen (secondary N) is 1. The summed E-state index contributed by atoms with van der Waals surface area (Å²) in [5, 5.41) is 8.25. The lowest BCUT2D eigenvalue weighted by Gasteiger charge is -2.62. The Hall–Kier alpha value is -0.930. The van der Waals surface area contributed by atoms with Gasteiger partial charge in [0.2, 0.25) is 0 Å². The highest BCUT2D eigenvalue weighted by atomic mass is 16.5. The van der Waals surface area contributed by atoms with E-state index in [2.05, 4.69) is 25.2 Å². The average molecular weight is 381 g/mol. The van der Waals surface area contributed by atoms with E-state index in [1.165, 1.54) is 56.9 Å². The van der Waals surface area contributed by atoms with Gasteiger partial charge in [-0.3, -0.25) is 0 Å². The van der Waals surface area contributed by atoms with Crippen molar-refractivity contribution in [3.8, 4) is 0 Å². The van der Waals surface area contributed by atoms with Gasteiger partial charge in [-0.15, -0.1) is 0 Å². The number of ether oxygens (including phenoxy) is 1. The standard InChI is InChI=1S/C25H36N2O/c1-2-23-10-7-21-22(20(23)8-11-24(23)9-3-13-28-24)19(16-4-5-16)15-17-14-18(26)6-12-25(17,21)27/h3,9,14,16,19-22,26H,2,4-8,10-13,15,27H2,1H3. The molecule has 6 aliphatic rings. The van der Waals surface area contributed by atoms with Gasteiger partial charge in [-0.1, -0.05) is 19.1 Å². The van der Waals surface area contributed by atoms with Crippen LogP contribution in [0.1, 0.15) is 71.1 Å². The molecule has 4 fully saturated rings. The lowest BCUT2D eigenvalue weighted by Crippen LogP contribution is -2.64. The zero-order chi connectivity index (χ0) is 19.1. The summed E-state index contributed by atoms with van der Waals surface area (Å²) in [4.78, 5) is 0. The van der Waals surface area contributed by atoms with Crippen molar-refractivity contribution in [3.63, 3.8) is 0 Å². The fraction of sp³-hybridized carbons (Fsp3) is 0.800. The van der Waals surface area contributed by atoms with Crippen molar-refractivity contribution >= 4 is 5.71 Å². The van der Waals surface area contributed by atoms with E-state index in [4.69, 9.17) is 15.9 Å². The average Bonchev–Trinajstić information content (AvgIpc) is 3.34. The van der Waals surface area contributed by atoms with Gasteiger partial charge in [-0.05, 0) is 105 Å². The number of fused-ring (bicyclic) bond motifs is 6. The molecule has 0 aromatic heterocycles. The molecule has 5 aliphatic carbocycles. The summed E-state index contributed by atoms with van der Waals surface area (Å²) in [6, 6.07) is 0. The quantitative estimate of drug-likeness (QED) is 0.662. The van der Waals surface area contributed by atoms with E-state index < -0.39 is 0 Å². The van der Waals surface area contributed by atoms with Crippen molar-refractivity contribution in [2.24, 2.45) is 40.7 Å². The second kappa shape index (κ2) is 5.82. The summed E-state index contributed by atoms with van der Waals surface area (Å²) >= 11 is 0. The Morgan fingerprint density at radius 2 is 1.96 bits per heavy atom. The number of rotatable bonds is 2. The molecule has 0 bridgehead atoms. The lowest BCUT2D eigenvalue weighted by atomic mass is 9.45. The molecule has 0 aromatic carbocycles. The predicted octanol–water partition coefficient (Wildman–Crippen LogP) is 5.01. The normalized spacial score (nSPS) is 52.4. The summed E-state index contributed by atoms with van der Waals surface area (Å²) in [6.07, 6.45) is 19.1. The molecule has 28 heavy (non-hydrogen) atoms. The second-order valence-corrected chi connectivity index (χ2v) is 10.9. The first-order chi connectivity index (χ1) is 13.5. The van der Waals surface area contributed by atoms with Gasteiger partial charge >= 0.3 is 0 Å². The lowest BCUT2D eigenvalue weighted by molar-refractivity contribution is -0.136. The van der Waals surface area contributed by atoms with Gasteiger partial charge in [-0.2, -0.15) is 0 Å². The van der Waals surface area contributed by atoms with Crippen LogP contribution < -0.4 is 5.73 Å². The Morgan fingerprint density at radius 3 is 2.68 bits per heavy atom. The number of nitrogens with two attached hydrogens (primary N) is 1. The molecule has 3 heteroatoms. The molecule has 6 rings (SSSR count). The number of hydrogen-bond acceptors (Lipinski definition) is 3. The van der Waals surface area contributed by atoms with Crippen LogP contribution in [0.5, 0.6) is 0 Å². The Balaban J connectivity index is 1.45. The molecular weight excluding hydrogens is 344 g/mol. The van der Waals surface area contributed by atoms with Crippen LogP contribution in [-0.4, -0.2) is 23.5 Å². The van der Waals surface area contributed by atoms with Crippen molar-refractivity contribution in [3.05, 3.63) is 23.8 Å². The molecule has 152 valence electrons. The smallest absolute Gasteiger partial charge is 0.0926 e. The zero-order valence-electron chi connectivity index (χ0n) is 17.4. The first kappa shape index (κ1) is 17.9. The Kier molecular flexibility index (Phi) is 3.72. The van der Waals surface area contributed by atoms with Gasteiger partial charge in [-0.25, -0.2) is 0 Å². The van der Waals surface area contributed by atoms with Crippen LogP contribution in [0.2, 0.25) is 0 Å². The van der Waals surface area contributed by atoms with Crippen molar-refractivity contribution in [2.45, 2.75) is 82.3 Å². The minimum Gasteiger partial charge on any atom is -0.366 e. The second-order valence-electron chi connectivity index (χ2n) is 10.9.